The summed E-state index contributed by atoms with van der Waals surface area (Å²) in [6.07, 6.45) is 0.836. The molecule has 1 heterocycles. The second kappa shape index (κ2) is 2.16. The van der Waals surface area contributed by atoms with Gasteiger partial charge in [-0.15, -0.1) is 0 Å². The lowest BCUT2D eigenvalue weighted by Gasteiger charge is -2.02. The maximum absolute atomic E-state index is 9.54. The van der Waals surface area contributed by atoms with Gasteiger partial charge in [-0.1, -0.05) is 6.07 Å². The standard InChI is InChI=1S/C9H10O2/c1-6-2-3-8-7(9(6)10)4-5-11-8/h2-3,10H,4-5H2,1H3. The zero-order valence-corrected chi connectivity index (χ0v) is 6.42. The molecular formula is C9H10O2. The monoisotopic (exact) mass is 150 g/mol. The van der Waals surface area contributed by atoms with E-state index < -0.39 is 0 Å². The largest absolute Gasteiger partial charge is 0.507 e. The van der Waals surface area contributed by atoms with Crippen LogP contribution in [-0.2, 0) is 6.42 Å². The Balaban J connectivity index is 2.62. The molecule has 2 heteroatoms. The molecule has 0 aromatic heterocycles. The van der Waals surface area contributed by atoms with Crippen molar-refractivity contribution in [3.63, 3.8) is 0 Å². The van der Waals surface area contributed by atoms with Crippen LogP contribution in [0, 0.1) is 6.92 Å². The molecule has 2 rings (SSSR count). The number of hydrogen-bond acceptors (Lipinski definition) is 2. The summed E-state index contributed by atoms with van der Waals surface area (Å²) in [6.45, 7) is 2.60. The quantitative estimate of drug-likeness (QED) is 0.609. The number of rotatable bonds is 0. The molecule has 0 saturated carbocycles. The van der Waals surface area contributed by atoms with Crippen molar-refractivity contribution in [1.82, 2.24) is 0 Å². The zero-order valence-electron chi connectivity index (χ0n) is 6.42. The number of hydrogen-bond donors (Lipinski definition) is 1. The Morgan fingerprint density at radius 3 is 3.09 bits per heavy atom. The Morgan fingerprint density at radius 2 is 2.27 bits per heavy atom. The Bertz CT molecular complexity index is 292. The van der Waals surface area contributed by atoms with Crippen LogP contribution in [0.4, 0.5) is 0 Å². The highest BCUT2D eigenvalue weighted by molar-refractivity contribution is 5.50. The normalized spacial score (nSPS) is 14.3. The van der Waals surface area contributed by atoms with Crippen molar-refractivity contribution in [1.29, 1.82) is 0 Å². The van der Waals surface area contributed by atoms with E-state index >= 15 is 0 Å². The van der Waals surface area contributed by atoms with Crippen molar-refractivity contribution < 1.29 is 9.84 Å². The molecule has 0 atom stereocenters. The van der Waals surface area contributed by atoms with E-state index in [0.29, 0.717) is 12.4 Å². The van der Waals surface area contributed by atoms with Crippen molar-refractivity contribution >= 4 is 0 Å². The molecule has 1 aromatic rings. The first-order valence-electron chi connectivity index (χ1n) is 3.73. The van der Waals surface area contributed by atoms with Gasteiger partial charge in [0.25, 0.3) is 0 Å². The number of phenols is 1. The molecule has 0 aliphatic carbocycles. The van der Waals surface area contributed by atoms with Crippen LogP contribution < -0.4 is 4.74 Å². The molecule has 1 N–H and O–H groups in total. The predicted molar refractivity (Wildman–Crippen MR) is 42.0 cm³/mol. The van der Waals surface area contributed by atoms with E-state index in [1.165, 1.54) is 0 Å². The summed E-state index contributed by atoms with van der Waals surface area (Å²) in [5.41, 5.74) is 1.89. The third-order valence-electron chi connectivity index (χ3n) is 2.05. The first kappa shape index (κ1) is 6.53. The Hall–Kier alpha value is -1.18. The van der Waals surface area contributed by atoms with Crippen LogP contribution in [0.1, 0.15) is 11.1 Å². The van der Waals surface area contributed by atoms with Crippen LogP contribution in [0.2, 0.25) is 0 Å². The maximum atomic E-state index is 9.54. The number of fused-ring (bicyclic) bond motifs is 1. The third kappa shape index (κ3) is 0.862. The lowest BCUT2D eigenvalue weighted by atomic mass is 10.1. The zero-order chi connectivity index (χ0) is 7.84. The average Bonchev–Trinajstić information content (AvgIpc) is 2.45. The van der Waals surface area contributed by atoms with Crippen LogP contribution in [0.5, 0.6) is 11.5 Å². The minimum absolute atomic E-state index is 0.403. The second-order valence-corrected chi connectivity index (χ2v) is 2.81. The van der Waals surface area contributed by atoms with Gasteiger partial charge in [-0.2, -0.15) is 0 Å². The number of aromatic hydroxyl groups is 1. The summed E-state index contributed by atoms with van der Waals surface area (Å²) in [6, 6.07) is 3.79. The number of ether oxygens (including phenoxy) is 1. The van der Waals surface area contributed by atoms with E-state index in [9.17, 15) is 5.11 Å². The fraction of sp³-hybridized carbons (Fsp3) is 0.333. The molecule has 0 saturated heterocycles. The predicted octanol–water partition coefficient (Wildman–Crippen LogP) is 1.64. The highest BCUT2D eigenvalue weighted by atomic mass is 16.5. The van der Waals surface area contributed by atoms with E-state index in [1.54, 1.807) is 0 Å². The topological polar surface area (TPSA) is 29.5 Å². The first-order chi connectivity index (χ1) is 5.29. The molecule has 0 amide bonds. The molecule has 0 bridgehead atoms. The summed E-state index contributed by atoms with van der Waals surface area (Å²) in [5, 5.41) is 9.54. The molecule has 1 aliphatic heterocycles. The van der Waals surface area contributed by atoms with Gasteiger partial charge in [-0.3, -0.25) is 0 Å². The lowest BCUT2D eigenvalue weighted by Crippen LogP contribution is -1.85. The summed E-state index contributed by atoms with van der Waals surface area (Å²) in [4.78, 5) is 0. The van der Waals surface area contributed by atoms with Gasteiger partial charge in [0.05, 0.1) is 6.61 Å². The van der Waals surface area contributed by atoms with Gasteiger partial charge in [-0.05, 0) is 18.6 Å². The van der Waals surface area contributed by atoms with E-state index in [0.717, 1.165) is 23.3 Å². The van der Waals surface area contributed by atoms with Crippen LogP contribution in [0.15, 0.2) is 12.1 Å². The van der Waals surface area contributed by atoms with Gasteiger partial charge in [0.15, 0.2) is 0 Å². The molecule has 0 spiro atoms. The van der Waals surface area contributed by atoms with Gasteiger partial charge in [-0.25, -0.2) is 0 Å². The average molecular weight is 150 g/mol. The maximum Gasteiger partial charge on any atom is 0.126 e. The van der Waals surface area contributed by atoms with Crippen LogP contribution in [-0.4, -0.2) is 11.7 Å². The molecule has 0 radical (unpaired) electrons. The van der Waals surface area contributed by atoms with Crippen molar-refractivity contribution in [2.24, 2.45) is 0 Å². The summed E-state index contributed by atoms with van der Waals surface area (Å²) in [7, 11) is 0. The Labute approximate surface area is 65.4 Å². The van der Waals surface area contributed by atoms with Crippen LogP contribution in [0.25, 0.3) is 0 Å². The van der Waals surface area contributed by atoms with Gasteiger partial charge >= 0.3 is 0 Å². The van der Waals surface area contributed by atoms with Crippen LogP contribution >= 0.6 is 0 Å². The van der Waals surface area contributed by atoms with E-state index in [1.807, 2.05) is 19.1 Å². The molecule has 0 fully saturated rings. The number of benzene rings is 1. The highest BCUT2D eigenvalue weighted by Crippen LogP contribution is 2.34. The fourth-order valence-electron chi connectivity index (χ4n) is 1.37. The molecule has 0 unspecified atom stereocenters. The Kier molecular flexibility index (Phi) is 1.28. The van der Waals surface area contributed by atoms with Crippen LogP contribution in [0.3, 0.4) is 0 Å². The molecular weight excluding hydrogens is 140 g/mol. The van der Waals surface area contributed by atoms with Gasteiger partial charge in [0, 0.05) is 12.0 Å². The van der Waals surface area contributed by atoms with Crippen molar-refractivity contribution in [3.8, 4) is 11.5 Å². The number of phenolic OH excluding ortho intramolecular Hbond substituents is 1. The molecule has 1 aliphatic rings. The molecule has 1 aromatic carbocycles. The van der Waals surface area contributed by atoms with Crippen molar-refractivity contribution in [2.75, 3.05) is 6.61 Å². The lowest BCUT2D eigenvalue weighted by molar-refractivity contribution is 0.357. The summed E-state index contributed by atoms with van der Waals surface area (Å²) >= 11 is 0. The first-order valence-corrected chi connectivity index (χ1v) is 3.73. The van der Waals surface area contributed by atoms with Gasteiger partial charge < -0.3 is 9.84 Å². The minimum atomic E-state index is 0.403. The summed E-state index contributed by atoms with van der Waals surface area (Å²) < 4.78 is 5.27. The van der Waals surface area contributed by atoms with Gasteiger partial charge in [0.2, 0.25) is 0 Å². The smallest absolute Gasteiger partial charge is 0.126 e. The van der Waals surface area contributed by atoms with E-state index in [4.69, 9.17) is 4.74 Å². The SMILES string of the molecule is Cc1ccc2c(c1O)CCO2. The van der Waals surface area contributed by atoms with Crippen molar-refractivity contribution in [2.45, 2.75) is 13.3 Å². The molecule has 2 nitrogen and oxygen atoms in total. The van der Waals surface area contributed by atoms with E-state index in [-0.39, 0.29) is 0 Å². The molecule has 11 heavy (non-hydrogen) atoms. The van der Waals surface area contributed by atoms with Crippen molar-refractivity contribution in [3.05, 3.63) is 23.3 Å². The second-order valence-electron chi connectivity index (χ2n) is 2.81. The number of aryl methyl sites for hydroxylation is 1. The highest BCUT2D eigenvalue weighted by Gasteiger charge is 2.16. The third-order valence-corrected chi connectivity index (χ3v) is 2.05. The minimum Gasteiger partial charge on any atom is -0.507 e. The Morgan fingerprint density at radius 1 is 1.45 bits per heavy atom. The van der Waals surface area contributed by atoms with Gasteiger partial charge in [0.1, 0.15) is 11.5 Å². The molecule has 58 valence electrons. The fourth-order valence-corrected chi connectivity index (χ4v) is 1.37. The summed E-state index contributed by atoms with van der Waals surface area (Å²) in [5.74, 6) is 1.24. The van der Waals surface area contributed by atoms with E-state index in [2.05, 4.69) is 0 Å².